The number of nitrogens with one attached hydrogen (secondary N) is 1. The largest absolute Gasteiger partial charge is 0.310 e. The van der Waals surface area contributed by atoms with Gasteiger partial charge in [-0.1, -0.05) is 0 Å². The molecule has 4 heteroatoms. The van der Waals surface area contributed by atoms with E-state index in [9.17, 15) is 0 Å². The van der Waals surface area contributed by atoms with Crippen molar-refractivity contribution in [2.45, 2.75) is 19.4 Å². The first-order valence-corrected chi connectivity index (χ1v) is 6.19. The van der Waals surface area contributed by atoms with Crippen LogP contribution in [-0.4, -0.2) is 36.1 Å². The van der Waals surface area contributed by atoms with Gasteiger partial charge in [0.15, 0.2) is 0 Å². The first-order chi connectivity index (χ1) is 6.95. The Balaban J connectivity index is 1.55. The predicted molar refractivity (Wildman–Crippen MR) is 59.5 cm³/mol. The van der Waals surface area contributed by atoms with Crippen LogP contribution >= 0.6 is 11.3 Å². The normalized spacial score (nSPS) is 17.7. The summed E-state index contributed by atoms with van der Waals surface area (Å²) in [6.07, 6.45) is 2.76. The van der Waals surface area contributed by atoms with E-state index in [2.05, 4.69) is 20.6 Å². The SMILES string of the molecule is c1nc(CNCCN2CCCC2)cs1. The molecule has 0 amide bonds. The fourth-order valence-electron chi connectivity index (χ4n) is 1.78. The van der Waals surface area contributed by atoms with E-state index in [-0.39, 0.29) is 0 Å². The van der Waals surface area contributed by atoms with Crippen molar-refractivity contribution in [2.24, 2.45) is 0 Å². The lowest BCUT2D eigenvalue weighted by atomic mass is 10.4. The van der Waals surface area contributed by atoms with Crippen molar-refractivity contribution < 1.29 is 0 Å². The predicted octanol–water partition coefficient (Wildman–Crippen LogP) is 1.33. The highest BCUT2D eigenvalue weighted by Gasteiger charge is 2.09. The topological polar surface area (TPSA) is 28.2 Å². The van der Waals surface area contributed by atoms with Crippen LogP contribution in [0.15, 0.2) is 10.9 Å². The van der Waals surface area contributed by atoms with Gasteiger partial charge in [0.2, 0.25) is 0 Å². The maximum atomic E-state index is 4.23. The minimum atomic E-state index is 0.914. The Morgan fingerprint density at radius 3 is 3.00 bits per heavy atom. The molecule has 1 aromatic rings. The van der Waals surface area contributed by atoms with Crippen molar-refractivity contribution in [2.75, 3.05) is 26.2 Å². The molecular weight excluding hydrogens is 194 g/mol. The number of rotatable bonds is 5. The van der Waals surface area contributed by atoms with E-state index < -0.39 is 0 Å². The lowest BCUT2D eigenvalue weighted by molar-refractivity contribution is 0.335. The van der Waals surface area contributed by atoms with E-state index in [1.54, 1.807) is 11.3 Å². The summed E-state index contributed by atoms with van der Waals surface area (Å²) in [6, 6.07) is 0. The van der Waals surface area contributed by atoms with E-state index in [1.807, 2.05) is 5.51 Å². The highest BCUT2D eigenvalue weighted by Crippen LogP contribution is 2.05. The fourth-order valence-corrected chi connectivity index (χ4v) is 2.34. The van der Waals surface area contributed by atoms with Gasteiger partial charge in [0.05, 0.1) is 11.2 Å². The molecule has 0 bridgehead atoms. The van der Waals surface area contributed by atoms with Gasteiger partial charge in [0.1, 0.15) is 0 Å². The van der Waals surface area contributed by atoms with Crippen LogP contribution in [-0.2, 0) is 6.54 Å². The summed E-state index contributed by atoms with van der Waals surface area (Å²) < 4.78 is 0. The Labute approximate surface area is 89.1 Å². The molecule has 0 unspecified atom stereocenters. The van der Waals surface area contributed by atoms with Crippen LogP contribution in [0.5, 0.6) is 0 Å². The Kier molecular flexibility index (Phi) is 3.91. The lowest BCUT2D eigenvalue weighted by Crippen LogP contribution is -2.29. The third-order valence-corrected chi connectivity index (χ3v) is 3.23. The first kappa shape index (κ1) is 10.1. The second-order valence-electron chi connectivity index (χ2n) is 3.71. The van der Waals surface area contributed by atoms with Gasteiger partial charge in [-0.3, -0.25) is 0 Å². The summed E-state index contributed by atoms with van der Waals surface area (Å²) in [4.78, 5) is 6.75. The summed E-state index contributed by atoms with van der Waals surface area (Å²) in [5, 5.41) is 5.52. The molecule has 14 heavy (non-hydrogen) atoms. The number of nitrogens with zero attached hydrogens (tertiary/aromatic N) is 2. The fraction of sp³-hybridized carbons (Fsp3) is 0.700. The Morgan fingerprint density at radius 1 is 1.43 bits per heavy atom. The monoisotopic (exact) mass is 211 g/mol. The molecule has 1 fully saturated rings. The summed E-state index contributed by atoms with van der Waals surface area (Å²) in [5.41, 5.74) is 3.05. The van der Waals surface area contributed by atoms with E-state index in [4.69, 9.17) is 0 Å². The zero-order chi connectivity index (χ0) is 9.64. The molecule has 2 rings (SSSR count). The van der Waals surface area contributed by atoms with Crippen molar-refractivity contribution in [1.82, 2.24) is 15.2 Å². The minimum absolute atomic E-state index is 0.914. The van der Waals surface area contributed by atoms with Gasteiger partial charge in [-0.05, 0) is 25.9 Å². The van der Waals surface area contributed by atoms with Gasteiger partial charge in [0.25, 0.3) is 0 Å². The third-order valence-electron chi connectivity index (χ3n) is 2.59. The number of likely N-dealkylation sites (tertiary alicyclic amines) is 1. The van der Waals surface area contributed by atoms with Crippen LogP contribution in [0.4, 0.5) is 0 Å². The van der Waals surface area contributed by atoms with Crippen LogP contribution in [0.1, 0.15) is 18.5 Å². The zero-order valence-electron chi connectivity index (χ0n) is 8.41. The third kappa shape index (κ3) is 3.04. The molecule has 0 aliphatic carbocycles. The molecule has 1 saturated heterocycles. The number of hydrogen-bond donors (Lipinski definition) is 1. The summed E-state index contributed by atoms with van der Waals surface area (Å²) in [7, 11) is 0. The second kappa shape index (κ2) is 5.44. The summed E-state index contributed by atoms with van der Waals surface area (Å²) >= 11 is 1.66. The van der Waals surface area contributed by atoms with E-state index in [1.165, 1.54) is 32.5 Å². The van der Waals surface area contributed by atoms with Crippen molar-refractivity contribution in [3.05, 3.63) is 16.6 Å². The van der Waals surface area contributed by atoms with Gasteiger partial charge in [-0.15, -0.1) is 11.3 Å². The van der Waals surface area contributed by atoms with Gasteiger partial charge >= 0.3 is 0 Å². The second-order valence-corrected chi connectivity index (χ2v) is 4.42. The molecule has 0 atom stereocenters. The molecule has 1 aromatic heterocycles. The van der Waals surface area contributed by atoms with E-state index in [0.29, 0.717) is 0 Å². The number of thiazole rings is 1. The maximum absolute atomic E-state index is 4.23. The van der Waals surface area contributed by atoms with Crippen LogP contribution in [0.2, 0.25) is 0 Å². The Morgan fingerprint density at radius 2 is 2.29 bits per heavy atom. The molecule has 0 spiro atoms. The minimum Gasteiger partial charge on any atom is -0.310 e. The van der Waals surface area contributed by atoms with Crippen LogP contribution in [0, 0.1) is 0 Å². The van der Waals surface area contributed by atoms with E-state index in [0.717, 1.165) is 18.8 Å². The van der Waals surface area contributed by atoms with Gasteiger partial charge in [-0.25, -0.2) is 4.98 Å². The molecule has 3 nitrogen and oxygen atoms in total. The molecule has 2 heterocycles. The molecule has 0 aromatic carbocycles. The molecule has 1 aliphatic heterocycles. The maximum Gasteiger partial charge on any atom is 0.0795 e. The summed E-state index contributed by atoms with van der Waals surface area (Å²) in [5.74, 6) is 0. The molecular formula is C10H17N3S. The van der Waals surface area contributed by atoms with Crippen molar-refractivity contribution in [1.29, 1.82) is 0 Å². The van der Waals surface area contributed by atoms with Crippen molar-refractivity contribution >= 4 is 11.3 Å². The molecule has 1 aliphatic rings. The molecule has 78 valence electrons. The van der Waals surface area contributed by atoms with E-state index >= 15 is 0 Å². The van der Waals surface area contributed by atoms with Crippen LogP contribution in [0.3, 0.4) is 0 Å². The van der Waals surface area contributed by atoms with Crippen molar-refractivity contribution in [3.63, 3.8) is 0 Å². The molecule has 0 radical (unpaired) electrons. The Hall–Kier alpha value is -0.450. The van der Waals surface area contributed by atoms with Gasteiger partial charge in [0, 0.05) is 25.0 Å². The number of hydrogen-bond acceptors (Lipinski definition) is 4. The Bertz CT molecular complexity index is 242. The van der Waals surface area contributed by atoms with Crippen molar-refractivity contribution in [3.8, 4) is 0 Å². The lowest BCUT2D eigenvalue weighted by Gasteiger charge is -2.14. The quantitative estimate of drug-likeness (QED) is 0.745. The summed E-state index contributed by atoms with van der Waals surface area (Å²) in [6.45, 7) is 5.76. The van der Waals surface area contributed by atoms with Crippen LogP contribution < -0.4 is 5.32 Å². The molecule has 0 saturated carbocycles. The van der Waals surface area contributed by atoms with Gasteiger partial charge < -0.3 is 10.2 Å². The first-order valence-electron chi connectivity index (χ1n) is 5.25. The smallest absolute Gasteiger partial charge is 0.0795 e. The van der Waals surface area contributed by atoms with Gasteiger partial charge in [-0.2, -0.15) is 0 Å². The highest BCUT2D eigenvalue weighted by molar-refractivity contribution is 7.07. The average molecular weight is 211 g/mol. The van der Waals surface area contributed by atoms with Crippen LogP contribution in [0.25, 0.3) is 0 Å². The standard InChI is InChI=1S/C10H17N3S/c1-2-5-13(4-1)6-3-11-7-10-8-14-9-12-10/h8-9,11H,1-7H2. The average Bonchev–Trinajstić information content (AvgIpc) is 2.86. The zero-order valence-corrected chi connectivity index (χ0v) is 9.22. The molecule has 1 N–H and O–H groups in total. The highest BCUT2D eigenvalue weighted by atomic mass is 32.1. The number of aromatic nitrogens is 1.